The molecule has 0 saturated carbocycles. The minimum Gasteiger partial charge on any atom is -0.356 e. The molecule has 2 unspecified atom stereocenters. The van der Waals surface area contributed by atoms with Gasteiger partial charge in [-0.3, -0.25) is 0 Å². The summed E-state index contributed by atoms with van der Waals surface area (Å²) in [5.74, 6) is 0. The van der Waals surface area contributed by atoms with Crippen molar-refractivity contribution in [3.63, 3.8) is 0 Å². The average Bonchev–Trinajstić information content (AvgIpc) is 2.33. The fraction of sp³-hybridized carbons (Fsp3) is 0.500. The first kappa shape index (κ1) is 16.8. The van der Waals surface area contributed by atoms with Gasteiger partial charge >= 0.3 is 12.4 Å². The van der Waals surface area contributed by atoms with Crippen molar-refractivity contribution < 1.29 is 31.1 Å². The van der Waals surface area contributed by atoms with E-state index in [1.165, 1.54) is 12.1 Å². The van der Waals surface area contributed by atoms with Gasteiger partial charge in [0.25, 0.3) is 0 Å². The quantitative estimate of drug-likeness (QED) is 0.863. The fourth-order valence-electron chi connectivity index (χ4n) is 1.59. The van der Waals surface area contributed by atoms with Crippen LogP contribution in [-0.4, -0.2) is 24.6 Å². The van der Waals surface area contributed by atoms with Gasteiger partial charge in [-0.25, -0.2) is 0 Å². The maximum Gasteiger partial charge on any atom is 0.423 e. The Morgan fingerprint density at radius 2 is 1.40 bits per heavy atom. The van der Waals surface area contributed by atoms with Gasteiger partial charge in [0.1, 0.15) is 0 Å². The third kappa shape index (κ3) is 4.38. The lowest BCUT2D eigenvalue weighted by molar-refractivity contribution is -0.331. The highest BCUT2D eigenvalue weighted by atomic mass is 19.4. The largest absolute Gasteiger partial charge is 0.423 e. The Kier molecular flexibility index (Phi) is 5.04. The molecule has 0 spiro atoms. The predicted octanol–water partition coefficient (Wildman–Crippen LogP) is 3.58. The van der Waals surface area contributed by atoms with Gasteiger partial charge in [-0.15, -0.1) is 0 Å². The molecule has 8 heteroatoms. The second kappa shape index (κ2) is 6.01. The van der Waals surface area contributed by atoms with Gasteiger partial charge < -0.3 is 10.5 Å². The van der Waals surface area contributed by atoms with Crippen LogP contribution in [0.15, 0.2) is 30.3 Å². The van der Waals surface area contributed by atoms with E-state index in [9.17, 15) is 26.3 Å². The van der Waals surface area contributed by atoms with Crippen molar-refractivity contribution in [2.24, 2.45) is 5.73 Å². The molecule has 0 amide bonds. The van der Waals surface area contributed by atoms with Gasteiger partial charge in [0.05, 0.1) is 12.1 Å². The first-order valence-corrected chi connectivity index (χ1v) is 5.63. The molecule has 2 atom stereocenters. The number of halogens is 6. The van der Waals surface area contributed by atoms with Crippen LogP contribution in [0.1, 0.15) is 18.5 Å². The number of alkyl halides is 6. The van der Waals surface area contributed by atoms with Crippen LogP contribution in [0.3, 0.4) is 0 Å². The summed E-state index contributed by atoms with van der Waals surface area (Å²) in [6.07, 6.45) is -16.4. The van der Waals surface area contributed by atoms with Crippen molar-refractivity contribution >= 4 is 0 Å². The molecule has 0 saturated heterocycles. The van der Waals surface area contributed by atoms with Crippen molar-refractivity contribution in [3.8, 4) is 0 Å². The zero-order valence-electron chi connectivity index (χ0n) is 10.4. The average molecular weight is 301 g/mol. The summed E-state index contributed by atoms with van der Waals surface area (Å²) in [6, 6.07) is 6.71. The van der Waals surface area contributed by atoms with Crippen molar-refractivity contribution in [2.75, 3.05) is 0 Å². The molecule has 114 valence electrons. The molecule has 2 N–H and O–H groups in total. The molecule has 1 rings (SSSR count). The van der Waals surface area contributed by atoms with E-state index in [1.54, 1.807) is 18.2 Å². The Labute approximate surface area is 111 Å². The molecular formula is C12H13F6NO. The molecule has 0 bridgehead atoms. The first-order chi connectivity index (χ1) is 9.03. The Morgan fingerprint density at radius 3 is 1.80 bits per heavy atom. The predicted molar refractivity (Wildman–Crippen MR) is 59.8 cm³/mol. The number of benzene rings is 1. The molecule has 2 nitrogen and oxygen atoms in total. The maximum atomic E-state index is 12.4. The summed E-state index contributed by atoms with van der Waals surface area (Å²) < 4.78 is 78.3. The molecule has 1 aromatic carbocycles. The van der Waals surface area contributed by atoms with Crippen molar-refractivity contribution in [3.05, 3.63) is 35.9 Å². The minimum absolute atomic E-state index is 0.392. The van der Waals surface area contributed by atoms with E-state index in [1.807, 2.05) is 0 Å². The summed E-state index contributed by atoms with van der Waals surface area (Å²) in [6.45, 7) is 1.07. The summed E-state index contributed by atoms with van der Waals surface area (Å²) in [5.41, 5.74) is 6.01. The highest BCUT2D eigenvalue weighted by Crippen LogP contribution is 2.37. The zero-order chi connectivity index (χ0) is 15.6. The summed E-state index contributed by atoms with van der Waals surface area (Å²) in [7, 11) is 0. The van der Waals surface area contributed by atoms with Gasteiger partial charge in [0, 0.05) is 0 Å². The standard InChI is InChI=1S/C12H13F6NO/c1-7(9(19)8-5-3-2-4-6-8)20-10(11(13,14)15)12(16,17)18/h2-7,9-10H,19H2,1H3. The number of hydrogen-bond acceptors (Lipinski definition) is 2. The lowest BCUT2D eigenvalue weighted by atomic mass is 10.0. The van der Waals surface area contributed by atoms with Crippen LogP contribution in [0, 0.1) is 0 Å². The third-order valence-corrected chi connectivity index (χ3v) is 2.64. The lowest BCUT2D eigenvalue weighted by Crippen LogP contribution is -2.47. The summed E-state index contributed by atoms with van der Waals surface area (Å²) in [4.78, 5) is 0. The zero-order valence-corrected chi connectivity index (χ0v) is 10.4. The molecule has 20 heavy (non-hydrogen) atoms. The minimum atomic E-state index is -5.54. The van der Waals surface area contributed by atoms with E-state index >= 15 is 0 Å². The number of ether oxygens (including phenoxy) is 1. The molecule has 0 radical (unpaired) electrons. The second-order valence-electron chi connectivity index (χ2n) is 4.24. The van der Waals surface area contributed by atoms with E-state index in [4.69, 9.17) is 5.73 Å². The molecular weight excluding hydrogens is 288 g/mol. The van der Waals surface area contributed by atoms with Gasteiger partial charge in [0.2, 0.25) is 6.10 Å². The monoisotopic (exact) mass is 301 g/mol. The number of rotatable bonds is 4. The van der Waals surface area contributed by atoms with Crippen LogP contribution < -0.4 is 5.73 Å². The van der Waals surface area contributed by atoms with E-state index in [0.29, 0.717) is 5.56 Å². The van der Waals surface area contributed by atoms with Crippen LogP contribution in [0.25, 0.3) is 0 Å². The molecule has 0 aliphatic rings. The lowest BCUT2D eigenvalue weighted by Gasteiger charge is -2.29. The van der Waals surface area contributed by atoms with Gasteiger partial charge in [-0.05, 0) is 12.5 Å². The van der Waals surface area contributed by atoms with Crippen molar-refractivity contribution in [2.45, 2.75) is 37.5 Å². The molecule has 0 heterocycles. The summed E-state index contributed by atoms with van der Waals surface area (Å²) >= 11 is 0. The van der Waals surface area contributed by atoms with E-state index in [0.717, 1.165) is 6.92 Å². The third-order valence-electron chi connectivity index (χ3n) is 2.64. The van der Waals surface area contributed by atoms with Gasteiger partial charge in [-0.2, -0.15) is 26.3 Å². The topological polar surface area (TPSA) is 35.2 Å². The molecule has 0 aromatic heterocycles. The molecule has 1 aromatic rings. The normalized spacial score (nSPS) is 16.2. The molecule has 0 aliphatic carbocycles. The fourth-order valence-corrected chi connectivity index (χ4v) is 1.59. The maximum absolute atomic E-state index is 12.4. The first-order valence-electron chi connectivity index (χ1n) is 5.63. The van der Waals surface area contributed by atoms with Crippen LogP contribution in [0.5, 0.6) is 0 Å². The van der Waals surface area contributed by atoms with E-state index < -0.39 is 30.6 Å². The van der Waals surface area contributed by atoms with Crippen molar-refractivity contribution in [1.29, 1.82) is 0 Å². The SMILES string of the molecule is CC(OC(C(F)(F)F)C(F)(F)F)C(N)c1ccccc1. The number of nitrogens with two attached hydrogens (primary N) is 1. The van der Waals surface area contributed by atoms with Gasteiger partial charge in [-0.1, -0.05) is 30.3 Å². The number of hydrogen-bond donors (Lipinski definition) is 1. The Bertz CT molecular complexity index is 402. The van der Waals surface area contributed by atoms with Crippen LogP contribution >= 0.6 is 0 Å². The van der Waals surface area contributed by atoms with Crippen LogP contribution in [0.4, 0.5) is 26.3 Å². The smallest absolute Gasteiger partial charge is 0.356 e. The summed E-state index contributed by atoms with van der Waals surface area (Å²) in [5, 5.41) is 0. The molecule has 0 aliphatic heterocycles. The Hall–Kier alpha value is -1.28. The highest BCUT2D eigenvalue weighted by Gasteiger charge is 2.58. The Balaban J connectivity index is 2.84. The van der Waals surface area contributed by atoms with Crippen LogP contribution in [0.2, 0.25) is 0 Å². The van der Waals surface area contributed by atoms with E-state index in [2.05, 4.69) is 4.74 Å². The van der Waals surface area contributed by atoms with Crippen molar-refractivity contribution in [1.82, 2.24) is 0 Å². The second-order valence-corrected chi connectivity index (χ2v) is 4.24. The van der Waals surface area contributed by atoms with E-state index in [-0.39, 0.29) is 0 Å². The van der Waals surface area contributed by atoms with Crippen LogP contribution in [-0.2, 0) is 4.74 Å². The Morgan fingerprint density at radius 1 is 0.950 bits per heavy atom. The van der Waals surface area contributed by atoms with Gasteiger partial charge in [0.15, 0.2) is 0 Å². The highest BCUT2D eigenvalue weighted by molar-refractivity contribution is 5.19. The molecule has 0 fully saturated rings.